The van der Waals surface area contributed by atoms with Gasteiger partial charge in [-0.2, -0.15) is 4.98 Å². The van der Waals surface area contributed by atoms with Crippen LogP contribution in [0.2, 0.25) is 0 Å². The quantitative estimate of drug-likeness (QED) is 0.431. The van der Waals surface area contributed by atoms with Gasteiger partial charge in [-0.15, -0.1) is 0 Å². The van der Waals surface area contributed by atoms with Gasteiger partial charge in [0.15, 0.2) is 11.5 Å². The number of halogens is 1. The summed E-state index contributed by atoms with van der Waals surface area (Å²) in [7, 11) is 0. The fourth-order valence-corrected chi connectivity index (χ4v) is 5.63. The molecule has 1 spiro atoms. The lowest BCUT2D eigenvalue weighted by atomic mass is 9.92. The van der Waals surface area contributed by atoms with E-state index in [9.17, 15) is 9.18 Å². The van der Waals surface area contributed by atoms with Gasteiger partial charge in [-0.3, -0.25) is 9.18 Å². The zero-order valence-electron chi connectivity index (χ0n) is 20.2. The van der Waals surface area contributed by atoms with Crippen molar-refractivity contribution in [1.82, 2.24) is 29.6 Å². The summed E-state index contributed by atoms with van der Waals surface area (Å²) >= 11 is 0. The highest BCUT2D eigenvalue weighted by Crippen LogP contribution is 2.49. The zero-order valence-corrected chi connectivity index (χ0v) is 20.2. The van der Waals surface area contributed by atoms with Crippen LogP contribution in [0.25, 0.3) is 16.9 Å². The number of fused-ring (bicyclic) bond motifs is 3. The highest BCUT2D eigenvalue weighted by molar-refractivity contribution is 5.77. The fourth-order valence-electron chi connectivity index (χ4n) is 5.63. The van der Waals surface area contributed by atoms with Crippen LogP contribution in [0.3, 0.4) is 0 Å². The highest BCUT2D eigenvalue weighted by Gasteiger charge is 2.47. The van der Waals surface area contributed by atoms with Crippen molar-refractivity contribution in [3.63, 3.8) is 0 Å². The summed E-state index contributed by atoms with van der Waals surface area (Å²) in [5.74, 6) is 0.972. The lowest BCUT2D eigenvalue weighted by molar-refractivity contribution is 0.411. The molecule has 8 nitrogen and oxygen atoms in total. The molecule has 0 bridgehead atoms. The molecule has 2 fully saturated rings. The van der Waals surface area contributed by atoms with E-state index in [0.717, 1.165) is 37.2 Å². The van der Waals surface area contributed by atoms with E-state index in [0.29, 0.717) is 29.3 Å². The average Bonchev–Trinajstić information content (AvgIpc) is 3.83. The number of nitrogens with zero attached hydrogens (tertiary/aromatic N) is 5. The fraction of sp³-hybridized carbons (Fsp3) is 0.407. The van der Waals surface area contributed by atoms with E-state index in [1.54, 1.807) is 15.6 Å². The Labute approximate surface area is 207 Å². The second-order valence-electron chi connectivity index (χ2n) is 10.3. The van der Waals surface area contributed by atoms with Gasteiger partial charge in [-0.05, 0) is 74.4 Å². The van der Waals surface area contributed by atoms with Gasteiger partial charge in [0.25, 0.3) is 5.56 Å². The van der Waals surface area contributed by atoms with E-state index in [-0.39, 0.29) is 11.1 Å². The van der Waals surface area contributed by atoms with Crippen molar-refractivity contribution in [3.05, 3.63) is 69.8 Å². The van der Waals surface area contributed by atoms with E-state index in [1.165, 1.54) is 24.0 Å². The van der Waals surface area contributed by atoms with Gasteiger partial charge >= 0.3 is 0 Å². The third-order valence-electron chi connectivity index (χ3n) is 8.06. The van der Waals surface area contributed by atoms with Crippen LogP contribution in [0, 0.1) is 0 Å². The number of benzene rings is 1. The second kappa shape index (κ2) is 7.70. The number of rotatable bonds is 6. The Hall–Kier alpha value is -3.59. The summed E-state index contributed by atoms with van der Waals surface area (Å²) in [6.07, 6.45) is 6.54. The summed E-state index contributed by atoms with van der Waals surface area (Å²) in [5, 5.41) is 7.43. The minimum atomic E-state index is -0.487. The van der Waals surface area contributed by atoms with Crippen molar-refractivity contribution >= 4 is 22.7 Å². The molecule has 4 aromatic rings. The molecule has 2 saturated carbocycles. The molecule has 9 heteroatoms. The molecule has 1 aliphatic heterocycles. The van der Waals surface area contributed by atoms with Crippen molar-refractivity contribution in [2.45, 2.75) is 56.5 Å². The average molecular weight is 486 g/mol. The van der Waals surface area contributed by atoms with Crippen LogP contribution in [0.4, 0.5) is 16.0 Å². The van der Waals surface area contributed by atoms with Gasteiger partial charge in [-0.25, -0.2) is 19.3 Å². The zero-order chi connectivity index (χ0) is 24.5. The van der Waals surface area contributed by atoms with Crippen molar-refractivity contribution < 1.29 is 4.39 Å². The molecule has 2 N–H and O–H groups in total. The number of hydrogen-bond donors (Lipinski definition) is 2. The molecule has 0 atom stereocenters. The Morgan fingerprint density at radius 1 is 1.14 bits per heavy atom. The first kappa shape index (κ1) is 21.7. The second-order valence-corrected chi connectivity index (χ2v) is 10.3. The summed E-state index contributed by atoms with van der Waals surface area (Å²) in [5.41, 5.74) is 4.41. The van der Waals surface area contributed by atoms with Crippen molar-refractivity contribution in [3.8, 4) is 5.82 Å². The Morgan fingerprint density at radius 3 is 2.75 bits per heavy atom. The smallest absolute Gasteiger partial charge is 0.278 e. The van der Waals surface area contributed by atoms with Crippen LogP contribution in [0.1, 0.15) is 49.4 Å². The largest absolute Gasteiger partial charge is 0.324 e. The van der Waals surface area contributed by atoms with Crippen LogP contribution >= 0.6 is 0 Å². The lowest BCUT2D eigenvalue weighted by Crippen LogP contribution is -2.36. The maximum atomic E-state index is 13.7. The minimum absolute atomic E-state index is 0.172. The van der Waals surface area contributed by atoms with E-state index in [4.69, 9.17) is 9.97 Å². The number of nitrogens with one attached hydrogen (secondary N) is 2. The number of hydrogen-bond acceptors (Lipinski definition) is 6. The predicted octanol–water partition coefficient (Wildman–Crippen LogP) is 3.88. The first-order valence-electron chi connectivity index (χ1n) is 12.7. The summed E-state index contributed by atoms with van der Waals surface area (Å²) < 4.78 is 17.1. The van der Waals surface area contributed by atoms with Crippen LogP contribution in [0.5, 0.6) is 0 Å². The van der Waals surface area contributed by atoms with Crippen LogP contribution in [0.15, 0.2) is 47.4 Å². The third-order valence-corrected chi connectivity index (χ3v) is 8.06. The molecule has 0 amide bonds. The Bertz CT molecular complexity index is 1560. The molecule has 7 rings (SSSR count). The molecule has 0 saturated heterocycles. The molecule has 36 heavy (non-hydrogen) atoms. The van der Waals surface area contributed by atoms with Crippen LogP contribution in [-0.4, -0.2) is 37.5 Å². The predicted molar refractivity (Wildman–Crippen MR) is 136 cm³/mol. The monoisotopic (exact) mass is 485 g/mol. The standard InChI is InChI=1S/C27H28FN7O/c1-2-34-24(36)19-15-29-25(31-18-6-7-20-17(14-18)8-13-30-27(20)11-12-27)33-23(19)35(34)22-5-3-4-21(32-22)26(16-28)9-10-26/h3-7,14-15,30H,2,8-13,16H2,1H3,(H,29,31,33). The summed E-state index contributed by atoms with van der Waals surface area (Å²) in [6.45, 7) is 2.92. The summed E-state index contributed by atoms with van der Waals surface area (Å²) in [4.78, 5) is 27.1. The van der Waals surface area contributed by atoms with E-state index in [1.807, 2.05) is 25.1 Å². The Balaban J connectivity index is 1.29. The Morgan fingerprint density at radius 2 is 2.00 bits per heavy atom. The molecule has 1 aromatic carbocycles. The number of anilines is 2. The molecule has 2 aliphatic carbocycles. The van der Waals surface area contributed by atoms with Crippen LogP contribution in [-0.2, 0) is 23.9 Å². The van der Waals surface area contributed by atoms with E-state index < -0.39 is 12.1 Å². The summed E-state index contributed by atoms with van der Waals surface area (Å²) in [6, 6.07) is 12.0. The van der Waals surface area contributed by atoms with Crippen molar-refractivity contribution in [2.24, 2.45) is 0 Å². The molecule has 3 aromatic heterocycles. The van der Waals surface area contributed by atoms with E-state index >= 15 is 0 Å². The van der Waals surface area contributed by atoms with Crippen molar-refractivity contribution in [1.29, 1.82) is 0 Å². The topological polar surface area (TPSA) is 89.7 Å². The maximum Gasteiger partial charge on any atom is 0.278 e. The number of aromatic nitrogens is 5. The molecule has 3 aliphatic rings. The molecule has 0 radical (unpaired) electrons. The maximum absolute atomic E-state index is 13.7. The van der Waals surface area contributed by atoms with Gasteiger partial charge in [0.2, 0.25) is 5.95 Å². The van der Waals surface area contributed by atoms with Gasteiger partial charge in [0.1, 0.15) is 12.1 Å². The normalized spacial score (nSPS) is 18.8. The van der Waals surface area contributed by atoms with Gasteiger partial charge in [0.05, 0.1) is 5.69 Å². The highest BCUT2D eigenvalue weighted by atomic mass is 19.1. The molecule has 4 heterocycles. The first-order chi connectivity index (χ1) is 17.6. The van der Waals surface area contributed by atoms with Crippen molar-refractivity contribution in [2.75, 3.05) is 18.5 Å². The Kier molecular flexibility index (Phi) is 4.64. The number of pyridine rings is 1. The van der Waals surface area contributed by atoms with Crippen LogP contribution < -0.4 is 16.2 Å². The van der Waals surface area contributed by atoms with E-state index in [2.05, 4.69) is 33.8 Å². The SMILES string of the molecule is CCn1c(=O)c2cnc(Nc3ccc4c(c3)CCNC43CC3)nc2n1-c1cccc(C2(CF)CC2)n1. The van der Waals surface area contributed by atoms with Gasteiger partial charge < -0.3 is 10.6 Å². The first-order valence-corrected chi connectivity index (χ1v) is 12.7. The molecular formula is C27H28FN7O. The lowest BCUT2D eigenvalue weighted by Gasteiger charge is -2.27. The molecule has 0 unspecified atom stereocenters. The minimum Gasteiger partial charge on any atom is -0.324 e. The number of alkyl halides is 1. The van der Waals surface area contributed by atoms with Gasteiger partial charge in [-0.1, -0.05) is 12.1 Å². The van der Waals surface area contributed by atoms with Gasteiger partial charge in [0, 0.05) is 35.9 Å². The molecular weight excluding hydrogens is 457 g/mol. The third kappa shape index (κ3) is 3.22. The molecule has 184 valence electrons.